The molecule has 1 aliphatic heterocycles. The van der Waals surface area contributed by atoms with Gasteiger partial charge in [-0.3, -0.25) is 14.4 Å². The van der Waals surface area contributed by atoms with Gasteiger partial charge in [0, 0.05) is 15.7 Å². The molecule has 0 aromatic heterocycles. The van der Waals surface area contributed by atoms with Crippen molar-refractivity contribution in [3.05, 3.63) is 81.3 Å². The van der Waals surface area contributed by atoms with Crippen LogP contribution in [0.3, 0.4) is 0 Å². The van der Waals surface area contributed by atoms with Crippen molar-refractivity contribution in [2.24, 2.45) is 0 Å². The largest absolute Gasteiger partial charge is 0.280 e. The van der Waals surface area contributed by atoms with E-state index >= 15 is 0 Å². The topological polar surface area (TPSA) is 66.5 Å². The van der Waals surface area contributed by atoms with E-state index in [1.54, 1.807) is 42.5 Å². The highest BCUT2D eigenvalue weighted by molar-refractivity contribution is 7.92. The van der Waals surface area contributed by atoms with Crippen molar-refractivity contribution in [2.45, 2.75) is 11.3 Å². The Morgan fingerprint density at radius 3 is 2.24 bits per heavy atom. The average molecular weight is 468 g/mol. The zero-order chi connectivity index (χ0) is 20.8. The Bertz CT molecular complexity index is 1230. The Morgan fingerprint density at radius 1 is 0.862 bits per heavy atom. The third-order valence-corrected chi connectivity index (χ3v) is 6.52. The Kier molecular flexibility index (Phi) is 5.21. The zero-order valence-electron chi connectivity index (χ0n) is 14.7. The van der Waals surface area contributed by atoms with Gasteiger partial charge in [0.25, 0.3) is 10.0 Å². The van der Waals surface area contributed by atoms with E-state index in [1.165, 1.54) is 23.1 Å². The van der Waals surface area contributed by atoms with Crippen molar-refractivity contribution in [3.8, 4) is 0 Å². The van der Waals surface area contributed by atoms with Crippen LogP contribution in [-0.2, 0) is 21.2 Å². The van der Waals surface area contributed by atoms with Gasteiger partial charge in [0.1, 0.15) is 0 Å². The van der Waals surface area contributed by atoms with Crippen LogP contribution in [-0.4, -0.2) is 14.3 Å². The molecule has 0 radical (unpaired) electrons. The van der Waals surface area contributed by atoms with Crippen molar-refractivity contribution in [1.29, 1.82) is 0 Å². The predicted molar refractivity (Wildman–Crippen MR) is 116 cm³/mol. The molecule has 0 bridgehead atoms. The lowest BCUT2D eigenvalue weighted by atomic mass is 10.1. The van der Waals surface area contributed by atoms with E-state index in [1.807, 2.05) is 0 Å². The summed E-state index contributed by atoms with van der Waals surface area (Å²) < 4.78 is 27.9. The number of benzene rings is 3. The van der Waals surface area contributed by atoms with Gasteiger partial charge in [-0.2, -0.15) is 0 Å². The highest BCUT2D eigenvalue weighted by Crippen LogP contribution is 2.40. The van der Waals surface area contributed by atoms with Gasteiger partial charge in [-0.25, -0.2) is 8.42 Å². The van der Waals surface area contributed by atoms with Crippen LogP contribution in [0.5, 0.6) is 0 Å². The molecule has 3 aromatic carbocycles. The summed E-state index contributed by atoms with van der Waals surface area (Å²) in [6.07, 6.45) is 0.138. The van der Waals surface area contributed by atoms with Gasteiger partial charge in [0.2, 0.25) is 5.91 Å². The smallest absolute Gasteiger partial charge is 0.261 e. The third-order valence-electron chi connectivity index (χ3n) is 4.40. The minimum atomic E-state index is -3.90. The first kappa shape index (κ1) is 20.0. The molecule has 0 unspecified atom stereocenters. The number of carbonyl (C=O) groups is 1. The standard InChI is InChI=1S/C20H13Cl3N2O3S/c21-13-9-14(22)11-16(10-13)29(27,28)24-15-5-6-18-12(7-15)8-20(26)25(18)19-4-2-1-3-17(19)23/h1-7,9-11,24H,8H2. The van der Waals surface area contributed by atoms with Gasteiger partial charge in [0.05, 0.1) is 27.7 Å². The average Bonchev–Trinajstić information content (AvgIpc) is 2.96. The summed E-state index contributed by atoms with van der Waals surface area (Å²) in [4.78, 5) is 14.1. The fourth-order valence-electron chi connectivity index (χ4n) is 3.18. The van der Waals surface area contributed by atoms with E-state index in [-0.39, 0.29) is 27.3 Å². The van der Waals surface area contributed by atoms with Gasteiger partial charge in [-0.1, -0.05) is 46.9 Å². The number of nitrogens with zero attached hydrogens (tertiary/aromatic N) is 1. The Balaban J connectivity index is 1.67. The highest BCUT2D eigenvalue weighted by Gasteiger charge is 2.30. The van der Waals surface area contributed by atoms with E-state index in [2.05, 4.69) is 4.72 Å². The Morgan fingerprint density at radius 2 is 1.55 bits per heavy atom. The van der Waals surface area contributed by atoms with Crippen molar-refractivity contribution < 1.29 is 13.2 Å². The number of rotatable bonds is 4. The summed E-state index contributed by atoms with van der Waals surface area (Å²) in [6.45, 7) is 0. The molecule has 1 N–H and O–H groups in total. The van der Waals surface area contributed by atoms with Crippen molar-refractivity contribution in [2.75, 3.05) is 9.62 Å². The van der Waals surface area contributed by atoms with Crippen molar-refractivity contribution >= 4 is 67.8 Å². The molecule has 0 fully saturated rings. The fraction of sp³-hybridized carbons (Fsp3) is 0.0500. The number of hydrogen-bond acceptors (Lipinski definition) is 3. The molecule has 148 valence electrons. The maximum absolute atomic E-state index is 12.7. The summed E-state index contributed by atoms with van der Waals surface area (Å²) in [7, 11) is -3.90. The number of nitrogens with one attached hydrogen (secondary N) is 1. The van der Waals surface area contributed by atoms with Crippen LogP contribution >= 0.6 is 34.8 Å². The number of sulfonamides is 1. The zero-order valence-corrected chi connectivity index (χ0v) is 17.8. The van der Waals surface area contributed by atoms with Crippen LogP contribution < -0.4 is 9.62 Å². The maximum atomic E-state index is 12.7. The molecule has 1 heterocycles. The van der Waals surface area contributed by atoms with Gasteiger partial charge in [0.15, 0.2) is 0 Å². The first-order valence-electron chi connectivity index (χ1n) is 8.44. The Labute approximate surface area is 182 Å². The number of fused-ring (bicyclic) bond motifs is 1. The van der Waals surface area contributed by atoms with Gasteiger partial charge in [-0.15, -0.1) is 0 Å². The molecule has 0 spiro atoms. The van der Waals surface area contributed by atoms with Crippen LogP contribution in [0.25, 0.3) is 0 Å². The number of anilines is 3. The van der Waals surface area contributed by atoms with E-state index < -0.39 is 10.0 Å². The van der Waals surface area contributed by atoms with Gasteiger partial charge < -0.3 is 0 Å². The number of amides is 1. The molecule has 9 heteroatoms. The molecular weight excluding hydrogens is 455 g/mol. The lowest BCUT2D eigenvalue weighted by Crippen LogP contribution is -2.21. The molecule has 5 nitrogen and oxygen atoms in total. The van der Waals surface area contributed by atoms with Crippen LogP contribution in [0.2, 0.25) is 15.1 Å². The second-order valence-electron chi connectivity index (χ2n) is 6.41. The summed E-state index contributed by atoms with van der Waals surface area (Å²) in [5, 5.41) is 0.886. The summed E-state index contributed by atoms with van der Waals surface area (Å²) >= 11 is 18.1. The van der Waals surface area contributed by atoms with E-state index in [9.17, 15) is 13.2 Å². The van der Waals surface area contributed by atoms with Crippen molar-refractivity contribution in [1.82, 2.24) is 0 Å². The lowest BCUT2D eigenvalue weighted by molar-refractivity contribution is -0.116. The predicted octanol–water partition coefficient (Wildman–Crippen LogP) is 5.67. The normalized spacial score (nSPS) is 13.5. The van der Waals surface area contributed by atoms with Gasteiger partial charge in [-0.05, 0) is 54.1 Å². The minimum Gasteiger partial charge on any atom is -0.280 e. The molecular formula is C20H13Cl3N2O3S. The number of halogens is 3. The molecule has 0 saturated carbocycles. The van der Waals surface area contributed by atoms with Crippen LogP contribution in [0, 0.1) is 0 Å². The van der Waals surface area contributed by atoms with E-state index in [4.69, 9.17) is 34.8 Å². The van der Waals surface area contributed by atoms with Crippen molar-refractivity contribution in [3.63, 3.8) is 0 Å². The third kappa shape index (κ3) is 3.94. The minimum absolute atomic E-state index is 0.0516. The lowest BCUT2D eigenvalue weighted by Gasteiger charge is -2.19. The first-order chi connectivity index (χ1) is 13.7. The Hall–Kier alpha value is -2.25. The fourth-order valence-corrected chi connectivity index (χ4v) is 5.18. The summed E-state index contributed by atoms with van der Waals surface area (Å²) in [5.41, 5.74) is 2.27. The van der Waals surface area contributed by atoms with Crippen LogP contribution in [0.1, 0.15) is 5.56 Å². The monoisotopic (exact) mass is 466 g/mol. The second-order valence-corrected chi connectivity index (χ2v) is 9.37. The SMILES string of the molecule is O=C1Cc2cc(NS(=O)(=O)c3cc(Cl)cc(Cl)c3)ccc2N1c1ccccc1Cl. The molecule has 0 aliphatic carbocycles. The molecule has 1 amide bonds. The molecule has 0 saturated heterocycles. The molecule has 29 heavy (non-hydrogen) atoms. The summed E-state index contributed by atoms with van der Waals surface area (Å²) in [6, 6.07) is 16.0. The van der Waals surface area contributed by atoms with Gasteiger partial charge >= 0.3 is 0 Å². The maximum Gasteiger partial charge on any atom is 0.261 e. The molecule has 0 atom stereocenters. The number of para-hydroxylation sites is 1. The first-order valence-corrected chi connectivity index (χ1v) is 11.1. The molecule has 1 aliphatic rings. The van der Waals surface area contributed by atoms with E-state index in [0.717, 1.165) is 0 Å². The van der Waals surface area contributed by atoms with Crippen LogP contribution in [0.15, 0.2) is 65.6 Å². The highest BCUT2D eigenvalue weighted by atomic mass is 35.5. The summed E-state index contributed by atoms with van der Waals surface area (Å²) in [5.74, 6) is -0.144. The van der Waals surface area contributed by atoms with E-state index in [0.29, 0.717) is 27.6 Å². The molecule has 3 aromatic rings. The number of carbonyl (C=O) groups excluding carboxylic acids is 1. The van der Waals surface area contributed by atoms with Crippen LogP contribution in [0.4, 0.5) is 17.1 Å². The number of hydrogen-bond donors (Lipinski definition) is 1. The molecule has 4 rings (SSSR count). The second kappa shape index (κ2) is 7.54. The quantitative estimate of drug-likeness (QED) is 0.538.